The quantitative estimate of drug-likeness (QED) is 0.837. The zero-order chi connectivity index (χ0) is 15.5. The Hall–Kier alpha value is -0.910. The van der Waals surface area contributed by atoms with Crippen LogP contribution >= 0.6 is 11.8 Å². The van der Waals surface area contributed by atoms with Crippen LogP contribution in [0, 0.1) is 5.41 Å². The van der Waals surface area contributed by atoms with Crippen molar-refractivity contribution in [2.45, 2.75) is 50.7 Å². The van der Waals surface area contributed by atoms with E-state index in [1.54, 1.807) is 0 Å². The van der Waals surface area contributed by atoms with Crippen LogP contribution in [0.4, 0.5) is 4.79 Å². The SMILES string of the molecule is CC1(C)CCN(C(=O)NCC2(CC(=O)O)CCC2)CCS1. The number of carbonyl (C=O) groups is 2. The summed E-state index contributed by atoms with van der Waals surface area (Å²) in [6, 6.07) is -0.0371. The average Bonchev–Trinajstić information content (AvgIpc) is 2.52. The third-order valence-corrected chi connectivity index (χ3v) is 6.05. The molecule has 2 fully saturated rings. The van der Waals surface area contributed by atoms with Gasteiger partial charge in [-0.1, -0.05) is 20.3 Å². The number of carbonyl (C=O) groups excluding carboxylic acids is 1. The molecule has 1 saturated heterocycles. The fraction of sp³-hybridized carbons (Fsp3) is 0.867. The first-order valence-electron chi connectivity index (χ1n) is 7.71. The Labute approximate surface area is 130 Å². The van der Waals surface area contributed by atoms with Gasteiger partial charge in [0.15, 0.2) is 0 Å². The largest absolute Gasteiger partial charge is 0.481 e. The van der Waals surface area contributed by atoms with E-state index in [-0.39, 0.29) is 22.6 Å². The van der Waals surface area contributed by atoms with E-state index in [1.807, 2.05) is 16.7 Å². The molecule has 1 saturated carbocycles. The molecule has 0 spiro atoms. The van der Waals surface area contributed by atoms with Crippen LogP contribution in [0.1, 0.15) is 46.0 Å². The highest BCUT2D eigenvalue weighted by atomic mass is 32.2. The fourth-order valence-corrected chi connectivity index (χ4v) is 4.11. The fourth-order valence-electron chi connectivity index (χ4n) is 3.01. The summed E-state index contributed by atoms with van der Waals surface area (Å²) in [6.07, 6.45) is 4.03. The standard InChI is InChI=1S/C15H26N2O3S/c1-14(2)6-7-17(8-9-21-14)13(20)16-11-15(4-3-5-15)10-12(18)19/h3-11H2,1-2H3,(H,16,20)(H,18,19). The average molecular weight is 314 g/mol. The lowest BCUT2D eigenvalue weighted by Gasteiger charge is -2.41. The van der Waals surface area contributed by atoms with Crippen LogP contribution in [0.2, 0.25) is 0 Å². The summed E-state index contributed by atoms with van der Waals surface area (Å²) >= 11 is 1.91. The summed E-state index contributed by atoms with van der Waals surface area (Å²) in [6.45, 7) is 6.47. The van der Waals surface area contributed by atoms with Crippen molar-refractivity contribution in [1.29, 1.82) is 0 Å². The predicted octanol–water partition coefficient (Wildman–Crippen LogP) is 2.56. The third kappa shape index (κ3) is 4.53. The summed E-state index contributed by atoms with van der Waals surface area (Å²) in [5.41, 5.74) is -0.207. The number of carboxylic acid groups (broad SMARTS) is 1. The van der Waals surface area contributed by atoms with Gasteiger partial charge < -0.3 is 15.3 Å². The van der Waals surface area contributed by atoms with Gasteiger partial charge in [-0.15, -0.1) is 0 Å². The molecule has 0 aromatic carbocycles. The predicted molar refractivity (Wildman–Crippen MR) is 84.7 cm³/mol. The Balaban J connectivity index is 1.82. The van der Waals surface area contributed by atoms with Crippen molar-refractivity contribution in [3.63, 3.8) is 0 Å². The smallest absolute Gasteiger partial charge is 0.317 e. The Morgan fingerprint density at radius 3 is 2.52 bits per heavy atom. The molecule has 0 atom stereocenters. The molecular weight excluding hydrogens is 288 g/mol. The van der Waals surface area contributed by atoms with Gasteiger partial charge in [0.25, 0.3) is 0 Å². The lowest BCUT2D eigenvalue weighted by Crippen LogP contribution is -2.48. The van der Waals surface area contributed by atoms with Gasteiger partial charge in [-0.25, -0.2) is 4.79 Å². The Morgan fingerprint density at radius 1 is 1.24 bits per heavy atom. The molecule has 1 aliphatic carbocycles. The third-order valence-electron chi connectivity index (χ3n) is 4.68. The van der Waals surface area contributed by atoms with E-state index in [2.05, 4.69) is 19.2 Å². The van der Waals surface area contributed by atoms with E-state index in [1.165, 1.54) is 0 Å². The van der Waals surface area contributed by atoms with Gasteiger partial charge in [-0.05, 0) is 24.7 Å². The molecule has 2 rings (SSSR count). The second kappa shape index (κ2) is 6.46. The van der Waals surface area contributed by atoms with E-state index in [4.69, 9.17) is 5.11 Å². The maximum atomic E-state index is 12.3. The highest BCUT2D eigenvalue weighted by molar-refractivity contribution is 8.00. The summed E-state index contributed by atoms with van der Waals surface area (Å²) in [7, 11) is 0. The summed E-state index contributed by atoms with van der Waals surface area (Å²) in [5, 5.41) is 12.0. The van der Waals surface area contributed by atoms with Gasteiger partial charge in [0, 0.05) is 30.1 Å². The number of nitrogens with zero attached hydrogens (tertiary/aromatic N) is 1. The Kier molecular flexibility index (Phi) is 5.07. The first-order chi connectivity index (χ1) is 9.82. The van der Waals surface area contributed by atoms with Crippen molar-refractivity contribution in [3.05, 3.63) is 0 Å². The second-order valence-electron chi connectivity index (χ2n) is 6.93. The Morgan fingerprint density at radius 2 is 1.95 bits per heavy atom. The van der Waals surface area contributed by atoms with Crippen LogP contribution in [0.5, 0.6) is 0 Å². The molecule has 1 aliphatic heterocycles. The molecule has 2 N–H and O–H groups in total. The van der Waals surface area contributed by atoms with E-state index < -0.39 is 5.97 Å². The van der Waals surface area contributed by atoms with E-state index >= 15 is 0 Å². The van der Waals surface area contributed by atoms with Gasteiger partial charge in [0.2, 0.25) is 0 Å². The van der Waals surface area contributed by atoms with Crippen LogP contribution < -0.4 is 5.32 Å². The van der Waals surface area contributed by atoms with Gasteiger partial charge >= 0.3 is 12.0 Å². The van der Waals surface area contributed by atoms with Gasteiger partial charge in [0.05, 0.1) is 6.42 Å². The van der Waals surface area contributed by atoms with Crippen molar-refractivity contribution in [2.75, 3.05) is 25.4 Å². The first kappa shape index (κ1) is 16.5. The first-order valence-corrected chi connectivity index (χ1v) is 8.69. The molecule has 0 unspecified atom stereocenters. The zero-order valence-electron chi connectivity index (χ0n) is 13.0. The van der Waals surface area contributed by atoms with Crippen LogP contribution in [0.3, 0.4) is 0 Å². The molecule has 0 bridgehead atoms. The molecular formula is C15H26N2O3S. The van der Waals surface area contributed by atoms with Gasteiger partial charge in [0.1, 0.15) is 0 Å². The molecule has 120 valence electrons. The van der Waals surface area contributed by atoms with Crippen molar-refractivity contribution >= 4 is 23.8 Å². The van der Waals surface area contributed by atoms with Crippen LogP contribution in [0.15, 0.2) is 0 Å². The number of amides is 2. The lowest BCUT2D eigenvalue weighted by atomic mass is 9.66. The number of rotatable bonds is 4. The number of hydrogen-bond acceptors (Lipinski definition) is 3. The number of thioether (sulfide) groups is 1. The van der Waals surface area contributed by atoms with Crippen molar-refractivity contribution in [1.82, 2.24) is 10.2 Å². The molecule has 0 aromatic rings. The zero-order valence-corrected chi connectivity index (χ0v) is 13.8. The van der Waals surface area contributed by atoms with Crippen LogP contribution in [-0.2, 0) is 4.79 Å². The van der Waals surface area contributed by atoms with Crippen molar-refractivity contribution in [2.24, 2.45) is 5.41 Å². The minimum Gasteiger partial charge on any atom is -0.481 e. The highest BCUT2D eigenvalue weighted by Crippen LogP contribution is 2.43. The van der Waals surface area contributed by atoms with E-state index in [0.29, 0.717) is 6.54 Å². The summed E-state index contributed by atoms with van der Waals surface area (Å²) in [4.78, 5) is 25.1. The summed E-state index contributed by atoms with van der Waals surface area (Å²) in [5.74, 6) is 0.192. The molecule has 6 heteroatoms. The molecule has 0 aromatic heterocycles. The van der Waals surface area contributed by atoms with Gasteiger partial charge in [-0.2, -0.15) is 11.8 Å². The Bertz CT molecular complexity index is 408. The van der Waals surface area contributed by atoms with Crippen LogP contribution in [0.25, 0.3) is 0 Å². The molecule has 5 nitrogen and oxygen atoms in total. The monoisotopic (exact) mass is 314 g/mol. The molecule has 2 amide bonds. The normalized spacial score (nSPS) is 23.8. The molecule has 1 heterocycles. The number of aliphatic carboxylic acids is 1. The number of nitrogens with one attached hydrogen (secondary N) is 1. The van der Waals surface area contributed by atoms with E-state index in [0.717, 1.165) is 44.5 Å². The molecule has 21 heavy (non-hydrogen) atoms. The summed E-state index contributed by atoms with van der Waals surface area (Å²) < 4.78 is 0.230. The minimum atomic E-state index is -0.767. The maximum absolute atomic E-state index is 12.3. The van der Waals surface area contributed by atoms with Crippen molar-refractivity contribution in [3.8, 4) is 0 Å². The molecule has 2 aliphatic rings. The minimum absolute atomic E-state index is 0.0371. The van der Waals surface area contributed by atoms with E-state index in [9.17, 15) is 9.59 Å². The highest BCUT2D eigenvalue weighted by Gasteiger charge is 2.39. The number of hydrogen-bond donors (Lipinski definition) is 2. The van der Waals surface area contributed by atoms with Gasteiger partial charge in [-0.3, -0.25) is 4.79 Å². The van der Waals surface area contributed by atoms with Crippen LogP contribution in [-0.4, -0.2) is 52.1 Å². The lowest BCUT2D eigenvalue weighted by molar-refractivity contribution is -0.141. The topological polar surface area (TPSA) is 69.6 Å². The second-order valence-corrected chi connectivity index (χ2v) is 8.73. The number of carboxylic acids is 1. The molecule has 0 radical (unpaired) electrons. The van der Waals surface area contributed by atoms with Crippen molar-refractivity contribution < 1.29 is 14.7 Å². The maximum Gasteiger partial charge on any atom is 0.317 e. The number of urea groups is 1.